The van der Waals surface area contributed by atoms with Crippen LogP contribution in [0.3, 0.4) is 0 Å². The summed E-state index contributed by atoms with van der Waals surface area (Å²) >= 11 is 0. The minimum absolute atomic E-state index is 0.0306. The molecule has 0 radical (unpaired) electrons. The molecule has 8 heteroatoms. The maximum absolute atomic E-state index is 13.2. The molecule has 0 saturated carbocycles. The van der Waals surface area contributed by atoms with Crippen molar-refractivity contribution < 1.29 is 24.2 Å². The summed E-state index contributed by atoms with van der Waals surface area (Å²) in [6.45, 7) is 4.50. The number of fused-ring (bicyclic) bond motifs is 3. The minimum Gasteiger partial charge on any atom is -0.506 e. The molecule has 0 unspecified atom stereocenters. The summed E-state index contributed by atoms with van der Waals surface area (Å²) in [5, 5.41) is 19.1. The number of carbonyl (C=O) groups is 3. The second-order valence-electron chi connectivity index (χ2n) is 8.67. The first-order valence-corrected chi connectivity index (χ1v) is 12.0. The number of azo groups is 1. The Morgan fingerprint density at radius 2 is 1.61 bits per heavy atom. The Balaban J connectivity index is 1.47. The number of anilines is 1. The number of aromatic hydroxyl groups is 1. The van der Waals surface area contributed by atoms with Crippen molar-refractivity contribution >= 4 is 34.4 Å². The Morgan fingerprint density at radius 1 is 0.889 bits per heavy atom. The summed E-state index contributed by atoms with van der Waals surface area (Å²) in [7, 11) is 0. The zero-order valence-corrected chi connectivity index (χ0v) is 19.9. The summed E-state index contributed by atoms with van der Waals surface area (Å²) in [4.78, 5) is 40.9. The third-order valence-corrected chi connectivity index (χ3v) is 6.46. The number of phenolic OH excluding ortho intramolecular Hbond substituents is 1. The van der Waals surface area contributed by atoms with E-state index in [4.69, 9.17) is 4.74 Å². The van der Waals surface area contributed by atoms with Crippen molar-refractivity contribution in [1.29, 1.82) is 0 Å². The van der Waals surface area contributed by atoms with E-state index in [1.54, 1.807) is 42.5 Å². The van der Waals surface area contributed by atoms with Crippen LogP contribution in [-0.4, -0.2) is 48.8 Å². The van der Waals surface area contributed by atoms with Crippen molar-refractivity contribution in [3.05, 3.63) is 82.4 Å². The smallest absolute Gasteiger partial charge is 0.196 e. The molecular formula is C28H25N3O5. The van der Waals surface area contributed by atoms with E-state index in [1.165, 1.54) is 12.1 Å². The molecule has 182 valence electrons. The van der Waals surface area contributed by atoms with E-state index in [-0.39, 0.29) is 45.6 Å². The van der Waals surface area contributed by atoms with Crippen LogP contribution in [0.2, 0.25) is 0 Å². The fourth-order valence-corrected chi connectivity index (χ4v) is 4.67. The van der Waals surface area contributed by atoms with Crippen molar-refractivity contribution in [3.8, 4) is 5.75 Å². The van der Waals surface area contributed by atoms with Gasteiger partial charge in [-0.25, -0.2) is 0 Å². The van der Waals surface area contributed by atoms with Gasteiger partial charge in [-0.2, -0.15) is 0 Å². The lowest BCUT2D eigenvalue weighted by atomic mass is 9.83. The molecule has 5 rings (SSSR count). The first-order valence-electron chi connectivity index (χ1n) is 12.0. The number of carbonyl (C=O) groups excluding carboxylic acids is 3. The average molecular weight is 484 g/mol. The minimum atomic E-state index is -0.303. The Hall–Kier alpha value is -4.17. The number of ketones is 3. The summed E-state index contributed by atoms with van der Waals surface area (Å²) in [6, 6.07) is 14.6. The molecule has 0 bridgehead atoms. The van der Waals surface area contributed by atoms with Crippen molar-refractivity contribution in [2.75, 3.05) is 31.2 Å². The Labute approximate surface area is 208 Å². The zero-order chi connectivity index (χ0) is 25.2. The average Bonchev–Trinajstić information content (AvgIpc) is 2.89. The number of rotatable bonds is 7. The van der Waals surface area contributed by atoms with E-state index < -0.39 is 0 Å². The second kappa shape index (κ2) is 9.83. The van der Waals surface area contributed by atoms with Gasteiger partial charge in [-0.15, -0.1) is 10.2 Å². The van der Waals surface area contributed by atoms with E-state index in [0.717, 1.165) is 6.42 Å². The normalized spacial score (nSPS) is 14.7. The van der Waals surface area contributed by atoms with Gasteiger partial charge in [0.15, 0.2) is 17.3 Å². The Bertz CT molecular complexity index is 1410. The van der Waals surface area contributed by atoms with Crippen LogP contribution in [0.1, 0.15) is 62.0 Å². The molecule has 36 heavy (non-hydrogen) atoms. The number of Topliss-reactive ketones (excluding diaryl/α,β-unsaturated/α-hetero) is 1. The molecule has 0 saturated heterocycles. The monoisotopic (exact) mass is 483 g/mol. The molecule has 1 aliphatic heterocycles. The van der Waals surface area contributed by atoms with Gasteiger partial charge in [0, 0.05) is 61.0 Å². The number of benzene rings is 3. The number of ether oxygens (including phenoxy) is 1. The lowest BCUT2D eigenvalue weighted by molar-refractivity contribution is 0.0978. The summed E-state index contributed by atoms with van der Waals surface area (Å²) in [6.07, 6.45) is 1.17. The third kappa shape index (κ3) is 4.20. The standard InChI is InChI=1S/C28H25N3O5/c1-2-36-14-6-12-31-13-11-24(32)20-15-22(25(33)16-23(20)31)30-29-21-10-5-9-19-26(21)28(35)18-8-4-3-7-17(18)27(19)34/h3-5,7-10,15-16,33H,2,6,11-14H2,1H3. The summed E-state index contributed by atoms with van der Waals surface area (Å²) < 4.78 is 5.41. The number of nitrogens with zero attached hydrogens (tertiary/aromatic N) is 3. The molecule has 1 heterocycles. The van der Waals surface area contributed by atoms with Gasteiger partial charge < -0.3 is 14.7 Å². The van der Waals surface area contributed by atoms with E-state index in [1.807, 2.05) is 6.92 Å². The first kappa shape index (κ1) is 23.6. The van der Waals surface area contributed by atoms with Crippen LogP contribution in [0.25, 0.3) is 0 Å². The zero-order valence-electron chi connectivity index (χ0n) is 19.9. The molecule has 0 aromatic heterocycles. The highest BCUT2D eigenvalue weighted by Crippen LogP contribution is 2.39. The fourth-order valence-electron chi connectivity index (χ4n) is 4.67. The van der Waals surface area contributed by atoms with Crippen LogP contribution in [0.4, 0.5) is 17.1 Å². The molecule has 3 aromatic carbocycles. The van der Waals surface area contributed by atoms with Crippen molar-refractivity contribution in [3.63, 3.8) is 0 Å². The maximum atomic E-state index is 13.2. The SMILES string of the molecule is CCOCCCN1CCC(=O)c2cc(N=Nc3cccc4c3C(=O)c3ccccc3C4=O)c(O)cc21. The van der Waals surface area contributed by atoms with Crippen LogP contribution in [0.5, 0.6) is 5.75 Å². The lowest BCUT2D eigenvalue weighted by Gasteiger charge is -2.30. The van der Waals surface area contributed by atoms with Crippen molar-refractivity contribution in [1.82, 2.24) is 0 Å². The Kier molecular flexibility index (Phi) is 6.43. The molecule has 8 nitrogen and oxygen atoms in total. The number of hydrogen-bond donors (Lipinski definition) is 1. The van der Waals surface area contributed by atoms with Gasteiger partial charge in [0.25, 0.3) is 0 Å². The predicted octanol–water partition coefficient (Wildman–Crippen LogP) is 5.40. The highest BCUT2D eigenvalue weighted by atomic mass is 16.5. The van der Waals surface area contributed by atoms with Crippen LogP contribution in [0, 0.1) is 0 Å². The van der Waals surface area contributed by atoms with E-state index >= 15 is 0 Å². The van der Waals surface area contributed by atoms with Gasteiger partial charge >= 0.3 is 0 Å². The molecule has 1 aliphatic carbocycles. The van der Waals surface area contributed by atoms with Crippen LogP contribution in [0.15, 0.2) is 64.8 Å². The maximum Gasteiger partial charge on any atom is 0.196 e. The molecule has 3 aromatic rings. The van der Waals surface area contributed by atoms with Crippen molar-refractivity contribution in [2.45, 2.75) is 19.8 Å². The van der Waals surface area contributed by atoms with Gasteiger partial charge in [0.05, 0.1) is 16.9 Å². The molecule has 0 atom stereocenters. The molecule has 2 aliphatic rings. The number of hydrogen-bond acceptors (Lipinski definition) is 8. The summed E-state index contributed by atoms with van der Waals surface area (Å²) in [5.74, 6) is -0.706. The molecular weight excluding hydrogens is 458 g/mol. The quantitative estimate of drug-likeness (QED) is 0.278. The van der Waals surface area contributed by atoms with E-state index in [0.29, 0.717) is 55.1 Å². The topological polar surface area (TPSA) is 109 Å². The van der Waals surface area contributed by atoms with Crippen LogP contribution < -0.4 is 4.90 Å². The molecule has 0 amide bonds. The van der Waals surface area contributed by atoms with Gasteiger partial charge in [-0.1, -0.05) is 36.4 Å². The lowest BCUT2D eigenvalue weighted by Crippen LogP contribution is -2.33. The van der Waals surface area contributed by atoms with E-state index in [2.05, 4.69) is 15.1 Å². The van der Waals surface area contributed by atoms with Crippen molar-refractivity contribution in [2.24, 2.45) is 10.2 Å². The number of phenols is 1. The molecule has 1 N–H and O–H groups in total. The van der Waals surface area contributed by atoms with Gasteiger partial charge in [0.1, 0.15) is 11.4 Å². The van der Waals surface area contributed by atoms with Gasteiger partial charge in [0.2, 0.25) is 0 Å². The third-order valence-electron chi connectivity index (χ3n) is 6.46. The predicted molar refractivity (Wildman–Crippen MR) is 134 cm³/mol. The highest BCUT2D eigenvalue weighted by Gasteiger charge is 2.31. The fraction of sp³-hybridized carbons (Fsp3) is 0.250. The van der Waals surface area contributed by atoms with Gasteiger partial charge in [-0.3, -0.25) is 14.4 Å². The van der Waals surface area contributed by atoms with Crippen LogP contribution >= 0.6 is 0 Å². The molecule has 0 spiro atoms. The van der Waals surface area contributed by atoms with Gasteiger partial charge in [-0.05, 0) is 25.5 Å². The Morgan fingerprint density at radius 3 is 2.39 bits per heavy atom. The second-order valence-corrected chi connectivity index (χ2v) is 8.67. The first-order chi connectivity index (χ1) is 17.5. The highest BCUT2D eigenvalue weighted by molar-refractivity contribution is 6.29. The summed E-state index contributed by atoms with van der Waals surface area (Å²) in [5.41, 5.74) is 2.60. The molecule has 0 fully saturated rings. The van der Waals surface area contributed by atoms with Crippen LogP contribution in [-0.2, 0) is 4.74 Å². The largest absolute Gasteiger partial charge is 0.506 e. The van der Waals surface area contributed by atoms with E-state index in [9.17, 15) is 19.5 Å².